The number of anilines is 1. The smallest absolute Gasteiger partial charge is 0.319 e. The summed E-state index contributed by atoms with van der Waals surface area (Å²) in [6.45, 7) is 7.10. The molecule has 3 N–H and O–H groups in total. The van der Waals surface area contributed by atoms with Gasteiger partial charge in [0, 0.05) is 29.1 Å². The van der Waals surface area contributed by atoms with Gasteiger partial charge in [-0.25, -0.2) is 4.79 Å². The van der Waals surface area contributed by atoms with E-state index in [1.807, 2.05) is 31.2 Å². The fraction of sp³-hybridized carbons (Fsp3) is 0.444. The number of H-pyrrole nitrogens is 1. The van der Waals surface area contributed by atoms with Crippen molar-refractivity contribution >= 4 is 11.7 Å². The molecule has 23 heavy (non-hydrogen) atoms. The highest BCUT2D eigenvalue weighted by atomic mass is 16.2. The number of aromatic nitrogens is 2. The summed E-state index contributed by atoms with van der Waals surface area (Å²) in [5, 5.41) is 13.3. The zero-order chi connectivity index (χ0) is 16.4. The summed E-state index contributed by atoms with van der Waals surface area (Å²) in [4.78, 5) is 11.7. The monoisotopic (exact) mass is 312 g/mol. The van der Waals surface area contributed by atoms with Crippen LogP contribution in [0.25, 0.3) is 11.3 Å². The molecule has 5 heteroatoms. The topological polar surface area (TPSA) is 69.8 Å². The molecule has 3 rings (SSSR count). The molecular formula is C18H24N4O. The number of nitrogens with one attached hydrogen (secondary N) is 3. The zero-order valence-corrected chi connectivity index (χ0v) is 14.0. The quantitative estimate of drug-likeness (QED) is 0.808. The molecule has 0 aliphatic heterocycles. The van der Waals surface area contributed by atoms with Gasteiger partial charge in [-0.3, -0.25) is 5.10 Å². The molecular weight excluding hydrogens is 288 g/mol. The second kappa shape index (κ2) is 6.07. The third kappa shape index (κ3) is 3.38. The molecule has 0 atom stereocenters. The molecule has 0 saturated carbocycles. The van der Waals surface area contributed by atoms with Crippen LogP contribution in [0.2, 0.25) is 0 Å². The Morgan fingerprint density at radius 3 is 3.00 bits per heavy atom. The Labute approximate surface area is 136 Å². The van der Waals surface area contributed by atoms with E-state index in [0.717, 1.165) is 29.8 Å². The van der Waals surface area contributed by atoms with Crippen molar-refractivity contribution in [3.63, 3.8) is 0 Å². The van der Waals surface area contributed by atoms with Crippen molar-refractivity contribution in [2.45, 2.75) is 40.0 Å². The van der Waals surface area contributed by atoms with E-state index in [2.05, 4.69) is 34.7 Å². The van der Waals surface area contributed by atoms with Crippen LogP contribution >= 0.6 is 0 Å². The molecule has 1 aliphatic rings. The SMILES string of the molecule is CCNC(=O)Nc1cccc(-c2n[nH]c3c2CCC(C)(C)C3)c1. The Hall–Kier alpha value is -2.30. The van der Waals surface area contributed by atoms with Crippen molar-refractivity contribution in [1.29, 1.82) is 0 Å². The van der Waals surface area contributed by atoms with Gasteiger partial charge in [-0.15, -0.1) is 0 Å². The Kier molecular flexibility index (Phi) is 4.11. The van der Waals surface area contributed by atoms with Crippen molar-refractivity contribution in [2.75, 3.05) is 11.9 Å². The first-order valence-electron chi connectivity index (χ1n) is 8.20. The minimum atomic E-state index is -0.185. The van der Waals surface area contributed by atoms with E-state index in [9.17, 15) is 4.79 Å². The first-order valence-corrected chi connectivity index (χ1v) is 8.20. The van der Waals surface area contributed by atoms with E-state index in [4.69, 9.17) is 0 Å². The van der Waals surface area contributed by atoms with Crippen molar-refractivity contribution in [3.05, 3.63) is 35.5 Å². The minimum Gasteiger partial charge on any atom is -0.338 e. The van der Waals surface area contributed by atoms with E-state index in [-0.39, 0.29) is 6.03 Å². The van der Waals surface area contributed by atoms with Crippen LogP contribution in [-0.2, 0) is 12.8 Å². The number of benzene rings is 1. The van der Waals surface area contributed by atoms with Gasteiger partial charge in [0.05, 0.1) is 5.69 Å². The maximum absolute atomic E-state index is 11.7. The maximum Gasteiger partial charge on any atom is 0.319 e. The average Bonchev–Trinajstić information content (AvgIpc) is 2.89. The summed E-state index contributed by atoms with van der Waals surface area (Å²) in [6, 6.07) is 7.67. The highest BCUT2D eigenvalue weighted by Gasteiger charge is 2.29. The van der Waals surface area contributed by atoms with Crippen LogP contribution in [0.3, 0.4) is 0 Å². The van der Waals surface area contributed by atoms with Crippen LogP contribution in [0.1, 0.15) is 38.4 Å². The second-order valence-electron chi connectivity index (χ2n) is 6.94. The highest BCUT2D eigenvalue weighted by molar-refractivity contribution is 5.90. The number of fused-ring (bicyclic) bond motifs is 1. The first kappa shape index (κ1) is 15.6. The summed E-state index contributed by atoms with van der Waals surface area (Å²) in [5.41, 5.74) is 5.73. The van der Waals surface area contributed by atoms with Crippen LogP contribution in [0.4, 0.5) is 10.5 Å². The molecule has 0 radical (unpaired) electrons. The molecule has 2 amide bonds. The van der Waals surface area contributed by atoms with Crippen LogP contribution < -0.4 is 10.6 Å². The number of urea groups is 1. The Balaban J connectivity index is 1.86. The summed E-state index contributed by atoms with van der Waals surface area (Å²) in [5.74, 6) is 0. The number of amides is 2. The van der Waals surface area contributed by atoms with E-state index in [0.29, 0.717) is 12.0 Å². The third-order valence-electron chi connectivity index (χ3n) is 4.39. The van der Waals surface area contributed by atoms with Gasteiger partial charge in [0.25, 0.3) is 0 Å². The number of hydrogen-bond donors (Lipinski definition) is 3. The number of carbonyl (C=O) groups excluding carboxylic acids is 1. The number of aromatic amines is 1. The average molecular weight is 312 g/mol. The van der Waals surface area contributed by atoms with E-state index in [1.54, 1.807) is 0 Å². The van der Waals surface area contributed by atoms with Crippen molar-refractivity contribution in [3.8, 4) is 11.3 Å². The van der Waals surface area contributed by atoms with Crippen molar-refractivity contribution < 1.29 is 4.79 Å². The van der Waals surface area contributed by atoms with Gasteiger partial charge in [0.1, 0.15) is 0 Å². The first-order chi connectivity index (χ1) is 11.0. The molecule has 122 valence electrons. The Bertz CT molecular complexity index is 718. The number of hydrogen-bond acceptors (Lipinski definition) is 2. The normalized spacial score (nSPS) is 15.8. The van der Waals surface area contributed by atoms with Gasteiger partial charge >= 0.3 is 6.03 Å². The summed E-state index contributed by atoms with van der Waals surface area (Å²) in [6.07, 6.45) is 3.25. The molecule has 0 bridgehead atoms. The predicted octanol–water partition coefficient (Wildman–Crippen LogP) is 3.73. The van der Waals surface area contributed by atoms with Crippen molar-refractivity contribution in [2.24, 2.45) is 5.41 Å². The van der Waals surface area contributed by atoms with Crippen LogP contribution in [0, 0.1) is 5.41 Å². The molecule has 0 fully saturated rings. The van der Waals surface area contributed by atoms with Gasteiger partial charge in [-0.1, -0.05) is 26.0 Å². The van der Waals surface area contributed by atoms with Gasteiger partial charge in [0.15, 0.2) is 0 Å². The van der Waals surface area contributed by atoms with Gasteiger partial charge in [-0.2, -0.15) is 5.10 Å². The number of rotatable bonds is 3. The van der Waals surface area contributed by atoms with Crippen LogP contribution in [0.15, 0.2) is 24.3 Å². The van der Waals surface area contributed by atoms with Gasteiger partial charge < -0.3 is 10.6 Å². The van der Waals surface area contributed by atoms with Crippen LogP contribution in [-0.4, -0.2) is 22.8 Å². The summed E-state index contributed by atoms with van der Waals surface area (Å²) >= 11 is 0. The molecule has 5 nitrogen and oxygen atoms in total. The van der Waals surface area contributed by atoms with E-state index >= 15 is 0 Å². The fourth-order valence-electron chi connectivity index (χ4n) is 3.17. The molecule has 0 unspecified atom stereocenters. The molecule has 1 aliphatic carbocycles. The van der Waals surface area contributed by atoms with Crippen molar-refractivity contribution in [1.82, 2.24) is 15.5 Å². The zero-order valence-electron chi connectivity index (χ0n) is 14.0. The number of carbonyl (C=O) groups is 1. The van der Waals surface area contributed by atoms with E-state index < -0.39 is 0 Å². The van der Waals surface area contributed by atoms with E-state index in [1.165, 1.54) is 17.7 Å². The van der Waals surface area contributed by atoms with Gasteiger partial charge in [-0.05, 0) is 43.7 Å². The highest BCUT2D eigenvalue weighted by Crippen LogP contribution is 2.38. The lowest BCUT2D eigenvalue weighted by Gasteiger charge is -2.29. The lowest BCUT2D eigenvalue weighted by Crippen LogP contribution is -2.28. The molecule has 1 heterocycles. The lowest BCUT2D eigenvalue weighted by molar-refractivity contribution is 0.252. The number of nitrogens with zero attached hydrogens (tertiary/aromatic N) is 1. The van der Waals surface area contributed by atoms with Gasteiger partial charge in [0.2, 0.25) is 0 Å². The minimum absolute atomic E-state index is 0.185. The Morgan fingerprint density at radius 1 is 1.39 bits per heavy atom. The molecule has 1 aromatic heterocycles. The molecule has 1 aromatic carbocycles. The maximum atomic E-state index is 11.7. The standard InChI is InChI=1S/C18H24N4O/c1-4-19-17(23)20-13-7-5-6-12(10-13)16-14-8-9-18(2,3)11-15(14)21-22-16/h5-7,10H,4,8-9,11H2,1-3H3,(H,21,22)(H2,19,20,23). The third-order valence-corrected chi connectivity index (χ3v) is 4.39. The summed E-state index contributed by atoms with van der Waals surface area (Å²) in [7, 11) is 0. The predicted molar refractivity (Wildman–Crippen MR) is 92.5 cm³/mol. The Morgan fingerprint density at radius 2 is 2.22 bits per heavy atom. The summed E-state index contributed by atoms with van der Waals surface area (Å²) < 4.78 is 0. The van der Waals surface area contributed by atoms with Crippen LogP contribution in [0.5, 0.6) is 0 Å². The molecule has 0 spiro atoms. The lowest BCUT2D eigenvalue weighted by atomic mass is 9.76. The largest absolute Gasteiger partial charge is 0.338 e. The second-order valence-corrected chi connectivity index (χ2v) is 6.94. The fourth-order valence-corrected chi connectivity index (χ4v) is 3.17. The molecule has 0 saturated heterocycles. The molecule has 2 aromatic rings.